The number of hydrogen-bond donors (Lipinski definition) is 4. The van der Waals surface area contributed by atoms with Gasteiger partial charge in [-0.3, -0.25) is 14.8 Å². The molecule has 1 atom stereocenters. The molecule has 0 spiro atoms. The van der Waals surface area contributed by atoms with Crippen molar-refractivity contribution in [3.63, 3.8) is 0 Å². The molecule has 1 aromatic carbocycles. The summed E-state index contributed by atoms with van der Waals surface area (Å²) in [5, 5.41) is 35.7. The third-order valence-electron chi connectivity index (χ3n) is 3.55. The third kappa shape index (κ3) is 4.98. The summed E-state index contributed by atoms with van der Waals surface area (Å²) in [6.07, 6.45) is -3.75. The van der Waals surface area contributed by atoms with Gasteiger partial charge in [0.05, 0.1) is 35.6 Å². The smallest absolute Gasteiger partial charge is 0.417 e. The van der Waals surface area contributed by atoms with Crippen molar-refractivity contribution in [2.24, 2.45) is 0 Å². The SMILES string of the molecule is CC(O)(Cn1cc(NC(=O)O)cn1)C(=O)Nc1ccc(C#N)c(C(F)(F)F)c1. The van der Waals surface area contributed by atoms with E-state index in [1.807, 2.05) is 5.32 Å². The Labute approximate surface area is 156 Å². The van der Waals surface area contributed by atoms with E-state index in [2.05, 4.69) is 10.4 Å². The summed E-state index contributed by atoms with van der Waals surface area (Å²) >= 11 is 0. The predicted molar refractivity (Wildman–Crippen MR) is 89.3 cm³/mol. The molecule has 4 N–H and O–H groups in total. The summed E-state index contributed by atoms with van der Waals surface area (Å²) < 4.78 is 40.1. The number of carboxylic acid groups (broad SMARTS) is 1. The number of carbonyl (C=O) groups excluding carboxylic acids is 1. The molecule has 9 nitrogen and oxygen atoms in total. The fraction of sp³-hybridized carbons (Fsp3) is 0.250. The van der Waals surface area contributed by atoms with Crippen molar-refractivity contribution in [3.05, 3.63) is 41.7 Å². The Morgan fingerprint density at radius 3 is 2.54 bits per heavy atom. The Balaban J connectivity index is 2.16. The molecule has 2 rings (SSSR count). The molecule has 0 fully saturated rings. The lowest BCUT2D eigenvalue weighted by molar-refractivity contribution is -0.138. The molecule has 1 aromatic heterocycles. The third-order valence-corrected chi connectivity index (χ3v) is 3.55. The van der Waals surface area contributed by atoms with Crippen molar-refractivity contribution in [3.8, 4) is 6.07 Å². The Hall–Kier alpha value is -3.59. The lowest BCUT2D eigenvalue weighted by Gasteiger charge is -2.22. The summed E-state index contributed by atoms with van der Waals surface area (Å²) in [7, 11) is 0. The van der Waals surface area contributed by atoms with E-state index in [-0.39, 0.29) is 11.4 Å². The summed E-state index contributed by atoms with van der Waals surface area (Å²) in [5.74, 6) is -1.02. The standard InChI is InChI=1S/C16H14F3N5O4/c1-15(28,8-24-7-11(6-21-24)23-14(26)27)13(25)22-10-3-2-9(5-20)12(4-10)16(17,18)19/h2-4,6-7,23,28H,8H2,1H3,(H,22,25)(H,26,27). The van der Waals surface area contributed by atoms with Crippen LogP contribution in [-0.4, -0.2) is 37.6 Å². The second-order valence-electron chi connectivity index (χ2n) is 5.95. The predicted octanol–water partition coefficient (Wildman–Crippen LogP) is 2.25. The highest BCUT2D eigenvalue weighted by molar-refractivity contribution is 5.96. The average Bonchev–Trinajstić information content (AvgIpc) is 2.99. The van der Waals surface area contributed by atoms with Crippen LogP contribution < -0.4 is 10.6 Å². The van der Waals surface area contributed by atoms with E-state index in [1.165, 1.54) is 12.3 Å². The summed E-state index contributed by atoms with van der Waals surface area (Å²) in [6.45, 7) is 0.713. The van der Waals surface area contributed by atoms with Crippen LogP contribution in [0.15, 0.2) is 30.6 Å². The number of nitrogens with zero attached hydrogens (tertiary/aromatic N) is 3. The minimum atomic E-state index is -4.79. The first-order valence-electron chi connectivity index (χ1n) is 7.60. The van der Waals surface area contributed by atoms with Crippen molar-refractivity contribution < 1.29 is 33.0 Å². The van der Waals surface area contributed by atoms with Gasteiger partial charge < -0.3 is 15.5 Å². The largest absolute Gasteiger partial charge is 0.465 e. The minimum absolute atomic E-state index is 0.102. The van der Waals surface area contributed by atoms with E-state index in [0.29, 0.717) is 6.07 Å². The molecule has 0 bridgehead atoms. The lowest BCUT2D eigenvalue weighted by atomic mass is 10.0. The van der Waals surface area contributed by atoms with Crippen LogP contribution in [0.1, 0.15) is 18.1 Å². The van der Waals surface area contributed by atoms with Crippen molar-refractivity contribution in [2.75, 3.05) is 10.6 Å². The van der Waals surface area contributed by atoms with Gasteiger partial charge in [0.15, 0.2) is 5.60 Å². The first kappa shape index (κ1) is 20.7. The number of rotatable bonds is 5. The second-order valence-corrected chi connectivity index (χ2v) is 5.95. The zero-order valence-corrected chi connectivity index (χ0v) is 14.3. The minimum Gasteiger partial charge on any atom is -0.465 e. The fourth-order valence-electron chi connectivity index (χ4n) is 2.25. The van der Waals surface area contributed by atoms with E-state index in [4.69, 9.17) is 10.4 Å². The van der Waals surface area contributed by atoms with Gasteiger partial charge >= 0.3 is 12.3 Å². The summed E-state index contributed by atoms with van der Waals surface area (Å²) in [6, 6.07) is 4.02. The molecule has 0 aliphatic rings. The van der Waals surface area contributed by atoms with Gasteiger partial charge in [-0.05, 0) is 25.1 Å². The Bertz CT molecular complexity index is 946. The summed E-state index contributed by atoms with van der Waals surface area (Å²) in [4.78, 5) is 22.8. The van der Waals surface area contributed by atoms with Gasteiger partial charge in [-0.2, -0.15) is 23.5 Å². The van der Waals surface area contributed by atoms with Crippen LogP contribution in [0.4, 0.5) is 29.3 Å². The molecular weight excluding hydrogens is 383 g/mol. The van der Waals surface area contributed by atoms with Crippen LogP contribution >= 0.6 is 0 Å². The van der Waals surface area contributed by atoms with Crippen LogP contribution in [0.2, 0.25) is 0 Å². The maximum Gasteiger partial charge on any atom is 0.417 e. The second kappa shape index (κ2) is 7.57. The van der Waals surface area contributed by atoms with Gasteiger partial charge in [0.25, 0.3) is 5.91 Å². The van der Waals surface area contributed by atoms with Gasteiger partial charge in [-0.15, -0.1) is 0 Å². The molecule has 1 heterocycles. The average molecular weight is 397 g/mol. The van der Waals surface area contributed by atoms with Crippen LogP contribution in [-0.2, 0) is 17.5 Å². The highest BCUT2D eigenvalue weighted by Crippen LogP contribution is 2.33. The number of anilines is 2. The molecule has 2 amide bonds. The number of benzene rings is 1. The summed E-state index contributed by atoms with van der Waals surface area (Å²) in [5.41, 5.74) is -4.06. The number of alkyl halides is 3. The van der Waals surface area contributed by atoms with E-state index < -0.39 is 41.4 Å². The van der Waals surface area contributed by atoms with Gasteiger partial charge in [0.1, 0.15) is 0 Å². The highest BCUT2D eigenvalue weighted by atomic mass is 19.4. The van der Waals surface area contributed by atoms with Gasteiger partial charge in [0.2, 0.25) is 0 Å². The monoisotopic (exact) mass is 397 g/mol. The number of aliphatic hydroxyl groups is 1. The van der Waals surface area contributed by atoms with Gasteiger partial charge in [0, 0.05) is 11.9 Å². The first-order valence-corrected chi connectivity index (χ1v) is 7.60. The quantitative estimate of drug-likeness (QED) is 0.610. The Kier molecular flexibility index (Phi) is 5.60. The van der Waals surface area contributed by atoms with Crippen molar-refractivity contribution in [2.45, 2.75) is 25.2 Å². The number of hydrogen-bond acceptors (Lipinski definition) is 5. The number of nitrogens with one attached hydrogen (secondary N) is 2. The molecule has 0 saturated heterocycles. The molecule has 28 heavy (non-hydrogen) atoms. The number of halogens is 3. The molecule has 2 aromatic rings. The van der Waals surface area contributed by atoms with Crippen LogP contribution in [0.25, 0.3) is 0 Å². The van der Waals surface area contributed by atoms with Crippen molar-refractivity contribution in [1.82, 2.24) is 9.78 Å². The molecule has 1 unspecified atom stereocenters. The number of amides is 2. The maximum atomic E-state index is 13.0. The highest BCUT2D eigenvalue weighted by Gasteiger charge is 2.35. The fourth-order valence-corrected chi connectivity index (χ4v) is 2.25. The Morgan fingerprint density at radius 1 is 1.29 bits per heavy atom. The van der Waals surface area contributed by atoms with Crippen LogP contribution in [0, 0.1) is 11.3 Å². The van der Waals surface area contributed by atoms with E-state index >= 15 is 0 Å². The zero-order valence-electron chi connectivity index (χ0n) is 14.3. The zero-order chi connectivity index (χ0) is 21.1. The molecule has 0 aliphatic carbocycles. The first-order chi connectivity index (χ1) is 12.9. The molecule has 0 saturated carbocycles. The van der Waals surface area contributed by atoms with Crippen molar-refractivity contribution in [1.29, 1.82) is 5.26 Å². The number of aromatic nitrogens is 2. The molecule has 12 heteroatoms. The van der Waals surface area contributed by atoms with E-state index in [0.717, 1.165) is 29.9 Å². The maximum absolute atomic E-state index is 13.0. The van der Waals surface area contributed by atoms with Gasteiger partial charge in [-0.1, -0.05) is 0 Å². The topological polar surface area (TPSA) is 140 Å². The molecular formula is C16H14F3N5O4. The van der Waals surface area contributed by atoms with Crippen LogP contribution in [0.5, 0.6) is 0 Å². The van der Waals surface area contributed by atoms with E-state index in [9.17, 15) is 27.9 Å². The van der Waals surface area contributed by atoms with Crippen molar-refractivity contribution >= 4 is 23.4 Å². The molecule has 148 valence electrons. The number of nitriles is 1. The molecule has 0 aliphatic heterocycles. The molecule has 0 radical (unpaired) electrons. The normalized spacial score (nSPS) is 13.3. The van der Waals surface area contributed by atoms with Gasteiger partial charge in [-0.25, -0.2) is 4.79 Å². The number of carbonyl (C=O) groups is 2. The Morgan fingerprint density at radius 2 is 1.96 bits per heavy atom. The lowest BCUT2D eigenvalue weighted by Crippen LogP contribution is -2.43. The van der Waals surface area contributed by atoms with Crippen LogP contribution in [0.3, 0.4) is 0 Å². The van der Waals surface area contributed by atoms with E-state index in [1.54, 1.807) is 0 Å².